The normalized spacial score (nSPS) is 10.9. The van der Waals surface area contributed by atoms with Gasteiger partial charge >= 0.3 is 0 Å². The van der Waals surface area contributed by atoms with Gasteiger partial charge in [0.2, 0.25) is 4.77 Å². The van der Waals surface area contributed by atoms with Gasteiger partial charge in [-0.2, -0.15) is 14.9 Å². The molecule has 0 aliphatic rings. The summed E-state index contributed by atoms with van der Waals surface area (Å²) in [6, 6.07) is 3.52. The van der Waals surface area contributed by atoms with Gasteiger partial charge in [-0.3, -0.25) is 5.10 Å². The minimum Gasteiger partial charge on any atom is -0.496 e. The van der Waals surface area contributed by atoms with E-state index in [4.69, 9.17) is 26.4 Å². The van der Waals surface area contributed by atoms with Crippen LogP contribution in [-0.4, -0.2) is 42.4 Å². The van der Waals surface area contributed by atoms with Crippen LogP contribution in [0.4, 0.5) is 0 Å². The molecule has 0 unspecified atom stereocenters. The van der Waals surface area contributed by atoms with Crippen molar-refractivity contribution in [1.29, 1.82) is 0 Å². The lowest BCUT2D eigenvalue weighted by Crippen LogP contribution is -1.98. The molecule has 1 N–H and O–H groups in total. The minimum atomic E-state index is 0.420. The molecule has 1 heterocycles. The van der Waals surface area contributed by atoms with Gasteiger partial charge in [0.15, 0.2) is 11.5 Å². The number of aryl methyl sites for hydroxylation is 1. The van der Waals surface area contributed by atoms with Crippen molar-refractivity contribution in [2.75, 3.05) is 21.3 Å². The number of H-pyrrole nitrogens is 1. The van der Waals surface area contributed by atoms with Crippen molar-refractivity contribution in [3.63, 3.8) is 0 Å². The van der Waals surface area contributed by atoms with Crippen molar-refractivity contribution in [1.82, 2.24) is 14.9 Å². The first-order valence-electron chi connectivity index (χ1n) is 6.09. The number of benzene rings is 1. The number of methoxy groups -OCH3 is 3. The van der Waals surface area contributed by atoms with Crippen LogP contribution >= 0.6 is 12.2 Å². The highest BCUT2D eigenvalue weighted by atomic mass is 32.1. The SMILES string of the molecule is COc1cc(OC)c(OC)cc1/C=N\n1c(C)n[nH]c1=S. The quantitative estimate of drug-likeness (QED) is 0.677. The molecular formula is C13H16N4O3S. The Labute approximate surface area is 127 Å². The zero-order valence-electron chi connectivity index (χ0n) is 12.2. The van der Waals surface area contributed by atoms with Crippen LogP contribution in [0.1, 0.15) is 11.4 Å². The van der Waals surface area contributed by atoms with Crippen molar-refractivity contribution in [3.8, 4) is 17.2 Å². The molecule has 112 valence electrons. The molecule has 0 radical (unpaired) electrons. The lowest BCUT2D eigenvalue weighted by atomic mass is 10.2. The molecule has 0 aliphatic heterocycles. The Hall–Kier alpha value is -2.35. The predicted molar refractivity (Wildman–Crippen MR) is 81.2 cm³/mol. The third kappa shape index (κ3) is 3.05. The van der Waals surface area contributed by atoms with E-state index in [1.54, 1.807) is 46.6 Å². The standard InChI is InChI=1S/C13H16N4O3S/c1-8-15-16-13(21)17(8)14-7-9-5-11(19-3)12(20-4)6-10(9)18-2/h5-7H,1-4H3,(H,16,21)/b14-7-. The maximum atomic E-state index is 5.33. The van der Waals surface area contributed by atoms with Gasteiger partial charge in [0.25, 0.3) is 0 Å². The van der Waals surface area contributed by atoms with Crippen molar-refractivity contribution < 1.29 is 14.2 Å². The first-order valence-corrected chi connectivity index (χ1v) is 6.50. The van der Waals surface area contributed by atoms with E-state index in [-0.39, 0.29) is 0 Å². The van der Waals surface area contributed by atoms with E-state index in [1.165, 1.54) is 4.68 Å². The monoisotopic (exact) mass is 308 g/mol. The van der Waals surface area contributed by atoms with E-state index >= 15 is 0 Å². The van der Waals surface area contributed by atoms with E-state index in [0.717, 1.165) is 5.56 Å². The van der Waals surface area contributed by atoms with E-state index in [2.05, 4.69) is 15.3 Å². The summed E-state index contributed by atoms with van der Waals surface area (Å²) in [6.45, 7) is 1.80. The highest BCUT2D eigenvalue weighted by Crippen LogP contribution is 2.33. The Kier molecular flexibility index (Phi) is 4.59. The number of nitrogens with one attached hydrogen (secondary N) is 1. The number of nitrogens with zero attached hydrogens (tertiary/aromatic N) is 3. The molecular weight excluding hydrogens is 292 g/mol. The number of aromatic amines is 1. The number of hydrogen-bond donors (Lipinski definition) is 1. The summed E-state index contributed by atoms with van der Waals surface area (Å²) in [5.74, 6) is 2.45. The second kappa shape index (κ2) is 6.40. The van der Waals surface area contributed by atoms with Gasteiger partial charge < -0.3 is 14.2 Å². The van der Waals surface area contributed by atoms with Gasteiger partial charge in [0.1, 0.15) is 11.6 Å². The molecule has 1 aromatic carbocycles. The Morgan fingerprint density at radius 3 is 2.29 bits per heavy atom. The molecule has 0 atom stereocenters. The Balaban J connectivity index is 2.46. The highest BCUT2D eigenvalue weighted by Gasteiger charge is 2.10. The summed E-state index contributed by atoms with van der Waals surface area (Å²) in [6.07, 6.45) is 1.62. The van der Waals surface area contributed by atoms with Gasteiger partial charge in [0.05, 0.1) is 27.5 Å². The van der Waals surface area contributed by atoms with E-state index < -0.39 is 0 Å². The fourth-order valence-electron chi connectivity index (χ4n) is 1.78. The van der Waals surface area contributed by atoms with Gasteiger partial charge in [-0.1, -0.05) is 0 Å². The van der Waals surface area contributed by atoms with Gasteiger partial charge in [-0.25, -0.2) is 0 Å². The lowest BCUT2D eigenvalue weighted by Gasteiger charge is -2.11. The van der Waals surface area contributed by atoms with Gasteiger partial charge in [0, 0.05) is 11.6 Å². The van der Waals surface area contributed by atoms with Crippen LogP contribution < -0.4 is 14.2 Å². The average molecular weight is 308 g/mol. The molecule has 0 saturated carbocycles. The molecule has 2 aromatic rings. The molecule has 21 heavy (non-hydrogen) atoms. The minimum absolute atomic E-state index is 0.420. The van der Waals surface area contributed by atoms with Crippen LogP contribution in [-0.2, 0) is 0 Å². The number of hydrogen-bond acceptors (Lipinski definition) is 6. The Morgan fingerprint density at radius 2 is 1.76 bits per heavy atom. The zero-order valence-corrected chi connectivity index (χ0v) is 13.0. The maximum Gasteiger partial charge on any atom is 0.216 e. The third-order valence-electron chi connectivity index (χ3n) is 2.86. The smallest absolute Gasteiger partial charge is 0.216 e. The molecule has 0 fully saturated rings. The molecule has 0 amide bonds. The van der Waals surface area contributed by atoms with Crippen molar-refractivity contribution in [2.45, 2.75) is 6.92 Å². The summed E-state index contributed by atoms with van der Waals surface area (Å²) in [5.41, 5.74) is 0.734. The average Bonchev–Trinajstić information content (AvgIpc) is 2.83. The predicted octanol–water partition coefficient (Wildman–Crippen LogP) is 2.16. The summed E-state index contributed by atoms with van der Waals surface area (Å²) in [5, 5.41) is 10.9. The largest absolute Gasteiger partial charge is 0.496 e. The molecule has 1 aromatic heterocycles. The van der Waals surface area contributed by atoms with Crippen LogP contribution in [0, 0.1) is 11.7 Å². The highest BCUT2D eigenvalue weighted by molar-refractivity contribution is 7.71. The third-order valence-corrected chi connectivity index (χ3v) is 3.12. The van der Waals surface area contributed by atoms with Crippen LogP contribution in [0.25, 0.3) is 0 Å². The Bertz CT molecular complexity index is 721. The number of ether oxygens (including phenoxy) is 3. The fourth-order valence-corrected chi connectivity index (χ4v) is 2.00. The summed E-state index contributed by atoms with van der Waals surface area (Å²) >= 11 is 5.09. The number of rotatable bonds is 5. The molecule has 0 saturated heterocycles. The van der Waals surface area contributed by atoms with Crippen LogP contribution in [0.3, 0.4) is 0 Å². The molecule has 7 nitrogen and oxygen atoms in total. The van der Waals surface area contributed by atoms with Crippen LogP contribution in [0.5, 0.6) is 17.2 Å². The van der Waals surface area contributed by atoms with Crippen molar-refractivity contribution >= 4 is 18.4 Å². The van der Waals surface area contributed by atoms with Crippen LogP contribution in [0.2, 0.25) is 0 Å². The molecule has 0 aliphatic carbocycles. The zero-order chi connectivity index (χ0) is 15.4. The first kappa shape index (κ1) is 15.0. The maximum absolute atomic E-state index is 5.33. The van der Waals surface area contributed by atoms with Crippen molar-refractivity contribution in [2.24, 2.45) is 5.10 Å². The summed E-state index contributed by atoms with van der Waals surface area (Å²) in [7, 11) is 4.72. The van der Waals surface area contributed by atoms with Gasteiger partial charge in [-0.05, 0) is 25.2 Å². The Morgan fingerprint density at radius 1 is 1.14 bits per heavy atom. The summed E-state index contributed by atoms with van der Waals surface area (Å²) in [4.78, 5) is 0. The fraction of sp³-hybridized carbons (Fsp3) is 0.308. The van der Waals surface area contributed by atoms with E-state index in [1.807, 2.05) is 0 Å². The molecule has 0 bridgehead atoms. The second-order valence-electron chi connectivity index (χ2n) is 4.08. The summed E-state index contributed by atoms with van der Waals surface area (Å²) < 4.78 is 17.8. The van der Waals surface area contributed by atoms with Gasteiger partial charge in [-0.15, -0.1) is 0 Å². The lowest BCUT2D eigenvalue weighted by molar-refractivity contribution is 0.349. The molecule has 0 spiro atoms. The molecule has 8 heteroatoms. The number of aromatic nitrogens is 3. The van der Waals surface area contributed by atoms with E-state index in [9.17, 15) is 0 Å². The van der Waals surface area contributed by atoms with Crippen LogP contribution in [0.15, 0.2) is 17.2 Å². The first-order chi connectivity index (χ1) is 10.1. The topological polar surface area (TPSA) is 73.7 Å². The van der Waals surface area contributed by atoms with Crippen molar-refractivity contribution in [3.05, 3.63) is 28.3 Å². The second-order valence-corrected chi connectivity index (χ2v) is 4.47. The van der Waals surface area contributed by atoms with E-state index in [0.29, 0.717) is 27.8 Å². The molecule has 2 rings (SSSR count).